The van der Waals surface area contributed by atoms with Crippen LogP contribution in [0.1, 0.15) is 30.8 Å². The van der Waals surface area contributed by atoms with Gasteiger partial charge in [0.2, 0.25) is 5.91 Å². The van der Waals surface area contributed by atoms with Gasteiger partial charge < -0.3 is 10.6 Å². The summed E-state index contributed by atoms with van der Waals surface area (Å²) in [6.07, 6.45) is 3.17. The summed E-state index contributed by atoms with van der Waals surface area (Å²) in [6.45, 7) is 2.84. The number of thiazole rings is 1. The Kier molecular flexibility index (Phi) is 3.02. The fourth-order valence-corrected chi connectivity index (χ4v) is 2.84. The van der Waals surface area contributed by atoms with Gasteiger partial charge in [-0.25, -0.2) is 4.98 Å². The number of aromatic nitrogens is 1. The topological polar surface area (TPSA) is 59.2 Å². The average Bonchev–Trinajstić information content (AvgIpc) is 2.77. The summed E-state index contributed by atoms with van der Waals surface area (Å²) >= 11 is 1.57. The number of nitrogens with two attached hydrogens (primary N) is 1. The lowest BCUT2D eigenvalue weighted by Gasteiger charge is -2.24. The molecule has 15 heavy (non-hydrogen) atoms. The van der Waals surface area contributed by atoms with Gasteiger partial charge in [0.1, 0.15) is 5.01 Å². The van der Waals surface area contributed by atoms with E-state index >= 15 is 0 Å². The van der Waals surface area contributed by atoms with Gasteiger partial charge in [-0.2, -0.15) is 0 Å². The largest absolute Gasteiger partial charge is 0.332 e. The molecule has 1 fully saturated rings. The number of amides is 1. The zero-order chi connectivity index (χ0) is 10.8. The van der Waals surface area contributed by atoms with Crippen molar-refractivity contribution >= 4 is 17.2 Å². The van der Waals surface area contributed by atoms with Gasteiger partial charge in [0.25, 0.3) is 0 Å². The van der Waals surface area contributed by atoms with E-state index in [4.69, 9.17) is 5.73 Å². The van der Waals surface area contributed by atoms with Crippen molar-refractivity contribution in [2.24, 2.45) is 5.73 Å². The van der Waals surface area contributed by atoms with Crippen molar-refractivity contribution < 1.29 is 4.79 Å². The second-order valence-corrected chi connectivity index (χ2v) is 4.70. The van der Waals surface area contributed by atoms with Gasteiger partial charge in [-0.3, -0.25) is 4.79 Å². The quantitative estimate of drug-likeness (QED) is 0.839. The summed E-state index contributed by atoms with van der Waals surface area (Å²) in [5.74, 6) is 0.157. The van der Waals surface area contributed by atoms with E-state index in [0.717, 1.165) is 18.0 Å². The highest BCUT2D eigenvalue weighted by molar-refractivity contribution is 7.09. The van der Waals surface area contributed by atoms with E-state index < -0.39 is 0 Å². The first-order chi connectivity index (χ1) is 7.24. The van der Waals surface area contributed by atoms with Crippen LogP contribution < -0.4 is 5.73 Å². The van der Waals surface area contributed by atoms with Gasteiger partial charge in [-0.15, -0.1) is 11.3 Å². The van der Waals surface area contributed by atoms with Crippen LogP contribution in [-0.4, -0.2) is 28.4 Å². The lowest BCUT2D eigenvalue weighted by molar-refractivity contribution is -0.129. The third-order valence-corrected chi connectivity index (χ3v) is 3.49. The molecule has 0 spiro atoms. The SMILES string of the molecule is CCCN1C(=O)CC(N)C1c1nccs1. The summed E-state index contributed by atoms with van der Waals surface area (Å²) in [7, 11) is 0. The number of carbonyl (C=O) groups excluding carboxylic acids is 1. The van der Waals surface area contributed by atoms with Gasteiger partial charge in [-0.05, 0) is 6.42 Å². The molecule has 2 N–H and O–H groups in total. The Morgan fingerprint density at radius 1 is 1.73 bits per heavy atom. The minimum atomic E-state index is -0.102. The predicted molar refractivity (Wildman–Crippen MR) is 59.5 cm³/mol. The minimum absolute atomic E-state index is 0.00236. The molecule has 2 atom stereocenters. The van der Waals surface area contributed by atoms with Crippen molar-refractivity contribution in [3.05, 3.63) is 16.6 Å². The van der Waals surface area contributed by atoms with Crippen molar-refractivity contribution in [2.75, 3.05) is 6.54 Å². The van der Waals surface area contributed by atoms with E-state index in [1.165, 1.54) is 0 Å². The first kappa shape index (κ1) is 10.6. The van der Waals surface area contributed by atoms with E-state index in [9.17, 15) is 4.79 Å². The van der Waals surface area contributed by atoms with E-state index in [0.29, 0.717) is 6.42 Å². The van der Waals surface area contributed by atoms with Crippen LogP contribution >= 0.6 is 11.3 Å². The molecule has 0 radical (unpaired) electrons. The van der Waals surface area contributed by atoms with E-state index in [1.807, 2.05) is 10.3 Å². The molecule has 1 aliphatic rings. The van der Waals surface area contributed by atoms with Crippen LogP contribution in [-0.2, 0) is 4.79 Å². The molecule has 5 heteroatoms. The fourth-order valence-electron chi connectivity index (χ4n) is 2.02. The van der Waals surface area contributed by atoms with Crippen LogP contribution in [0.4, 0.5) is 0 Å². The standard InChI is InChI=1S/C10H15N3OS/c1-2-4-13-8(14)6-7(11)9(13)10-12-3-5-15-10/h3,5,7,9H,2,4,6,11H2,1H3. The summed E-state index contributed by atoms with van der Waals surface area (Å²) in [4.78, 5) is 17.8. The van der Waals surface area contributed by atoms with Crippen LogP contribution in [0.25, 0.3) is 0 Å². The van der Waals surface area contributed by atoms with Gasteiger partial charge in [0.05, 0.1) is 6.04 Å². The maximum Gasteiger partial charge on any atom is 0.224 e. The van der Waals surface area contributed by atoms with Crippen molar-refractivity contribution in [3.8, 4) is 0 Å². The van der Waals surface area contributed by atoms with E-state index in [1.54, 1.807) is 17.5 Å². The number of carbonyl (C=O) groups is 1. The Morgan fingerprint density at radius 2 is 2.53 bits per heavy atom. The first-order valence-corrected chi connectivity index (χ1v) is 6.06. The lowest BCUT2D eigenvalue weighted by atomic mass is 10.1. The molecule has 2 unspecified atom stereocenters. The Labute approximate surface area is 93.1 Å². The lowest BCUT2D eigenvalue weighted by Crippen LogP contribution is -2.33. The highest BCUT2D eigenvalue weighted by atomic mass is 32.1. The Morgan fingerprint density at radius 3 is 3.13 bits per heavy atom. The molecule has 1 saturated heterocycles. The highest BCUT2D eigenvalue weighted by Crippen LogP contribution is 2.32. The molecule has 2 rings (SSSR count). The number of rotatable bonds is 3. The first-order valence-electron chi connectivity index (χ1n) is 5.18. The van der Waals surface area contributed by atoms with Crippen LogP contribution in [0.5, 0.6) is 0 Å². The van der Waals surface area contributed by atoms with Gasteiger partial charge in [0, 0.05) is 30.6 Å². The molecule has 1 aromatic rings. The number of nitrogens with zero attached hydrogens (tertiary/aromatic N) is 2. The third kappa shape index (κ3) is 1.89. The average molecular weight is 225 g/mol. The van der Waals surface area contributed by atoms with Crippen LogP contribution in [0.3, 0.4) is 0 Å². The molecule has 1 amide bonds. The van der Waals surface area contributed by atoms with Gasteiger partial charge >= 0.3 is 0 Å². The molecule has 82 valence electrons. The number of likely N-dealkylation sites (tertiary alicyclic amines) is 1. The smallest absolute Gasteiger partial charge is 0.224 e. The Bertz CT molecular complexity index is 338. The Balaban J connectivity index is 2.23. The molecule has 0 bridgehead atoms. The van der Waals surface area contributed by atoms with Crippen LogP contribution in [0, 0.1) is 0 Å². The molecule has 4 nitrogen and oxygen atoms in total. The van der Waals surface area contributed by atoms with Gasteiger partial charge in [-0.1, -0.05) is 6.92 Å². The molecular weight excluding hydrogens is 210 g/mol. The number of hydrogen-bond donors (Lipinski definition) is 1. The third-order valence-electron chi connectivity index (χ3n) is 2.64. The Hall–Kier alpha value is -0.940. The monoisotopic (exact) mass is 225 g/mol. The van der Waals surface area contributed by atoms with Crippen molar-refractivity contribution in [2.45, 2.75) is 31.8 Å². The second-order valence-electron chi connectivity index (χ2n) is 3.77. The maximum absolute atomic E-state index is 11.7. The maximum atomic E-state index is 11.7. The van der Waals surface area contributed by atoms with E-state index in [2.05, 4.69) is 11.9 Å². The molecule has 2 heterocycles. The van der Waals surface area contributed by atoms with Crippen molar-refractivity contribution in [3.63, 3.8) is 0 Å². The molecular formula is C10H15N3OS. The van der Waals surface area contributed by atoms with Crippen LogP contribution in [0.15, 0.2) is 11.6 Å². The van der Waals surface area contributed by atoms with Crippen LogP contribution in [0.2, 0.25) is 0 Å². The minimum Gasteiger partial charge on any atom is -0.332 e. The van der Waals surface area contributed by atoms with E-state index in [-0.39, 0.29) is 18.0 Å². The summed E-state index contributed by atoms with van der Waals surface area (Å²) in [5.41, 5.74) is 5.99. The predicted octanol–water partition coefficient (Wildman–Crippen LogP) is 1.15. The molecule has 0 aromatic carbocycles. The summed E-state index contributed by atoms with van der Waals surface area (Å²) < 4.78 is 0. The second kappa shape index (κ2) is 4.28. The summed E-state index contributed by atoms with van der Waals surface area (Å²) in [5, 5.41) is 2.89. The highest BCUT2D eigenvalue weighted by Gasteiger charge is 2.39. The molecule has 0 aliphatic carbocycles. The molecule has 0 saturated carbocycles. The number of hydrogen-bond acceptors (Lipinski definition) is 4. The summed E-state index contributed by atoms with van der Waals surface area (Å²) in [6, 6.07) is -0.104. The zero-order valence-electron chi connectivity index (χ0n) is 8.72. The molecule has 1 aromatic heterocycles. The van der Waals surface area contributed by atoms with Gasteiger partial charge in [0.15, 0.2) is 0 Å². The van der Waals surface area contributed by atoms with Crippen molar-refractivity contribution in [1.29, 1.82) is 0 Å². The fraction of sp³-hybridized carbons (Fsp3) is 0.600. The zero-order valence-corrected chi connectivity index (χ0v) is 9.54. The normalized spacial score (nSPS) is 26.3. The van der Waals surface area contributed by atoms with Crippen molar-refractivity contribution in [1.82, 2.24) is 9.88 Å². The molecule has 1 aliphatic heterocycles.